The Morgan fingerprint density at radius 2 is 2.00 bits per heavy atom. The lowest BCUT2D eigenvalue weighted by atomic mass is 9.91. The fraction of sp³-hybridized carbons (Fsp3) is 0.429. The highest BCUT2D eigenvalue weighted by atomic mass is 16.5. The molecule has 0 saturated carbocycles. The molecule has 0 aromatic heterocycles. The first-order valence-corrected chi connectivity index (χ1v) is 6.73. The van der Waals surface area contributed by atoms with Crippen molar-refractivity contribution in [2.24, 2.45) is 10.9 Å². The van der Waals surface area contributed by atoms with Crippen LogP contribution in [0.25, 0.3) is 0 Å². The normalized spacial score (nSPS) is 11.9. The highest BCUT2D eigenvalue weighted by Crippen LogP contribution is 2.23. The molecule has 0 radical (unpaired) electrons. The quantitative estimate of drug-likeness (QED) is 0.279. The summed E-state index contributed by atoms with van der Waals surface area (Å²) >= 11 is 0. The molecule has 7 heteroatoms. The lowest BCUT2D eigenvalue weighted by Crippen LogP contribution is -2.57. The molecule has 0 aliphatic heterocycles. The molecule has 0 atom stereocenters. The maximum absolute atomic E-state index is 12.2. The van der Waals surface area contributed by atoms with Gasteiger partial charge in [-0.3, -0.25) is 0 Å². The summed E-state index contributed by atoms with van der Waals surface area (Å²) in [5.74, 6) is 0.526. The minimum Gasteiger partial charge on any atom is -0.495 e. The van der Waals surface area contributed by atoms with E-state index in [-0.39, 0.29) is 5.84 Å². The number of carbonyl (C=O) groups is 1. The zero-order valence-electron chi connectivity index (χ0n) is 12.5. The second-order valence-corrected chi connectivity index (χ2v) is 4.55. The molecule has 0 saturated heterocycles. The number of nitrogens with zero attached hydrogens (tertiary/aromatic N) is 1. The van der Waals surface area contributed by atoms with Crippen molar-refractivity contribution < 1.29 is 14.7 Å². The van der Waals surface area contributed by atoms with Gasteiger partial charge in [-0.05, 0) is 25.0 Å². The molecule has 1 rings (SSSR count). The number of hydrogen-bond donors (Lipinski definition) is 4. The largest absolute Gasteiger partial charge is 0.495 e. The van der Waals surface area contributed by atoms with Crippen LogP contribution in [-0.2, 0) is 0 Å². The molecule has 0 spiro atoms. The second kappa shape index (κ2) is 7.37. The Balaban J connectivity index is 2.89. The molecule has 7 nitrogen and oxygen atoms in total. The van der Waals surface area contributed by atoms with Gasteiger partial charge in [-0.15, -0.1) is 0 Å². The van der Waals surface area contributed by atoms with Crippen molar-refractivity contribution in [3.63, 3.8) is 0 Å². The zero-order chi connectivity index (χ0) is 15.9. The Labute approximate surface area is 124 Å². The van der Waals surface area contributed by atoms with Crippen molar-refractivity contribution in [2.75, 3.05) is 12.4 Å². The third kappa shape index (κ3) is 3.77. The molecular formula is C14H22N4O3. The number of para-hydroxylation sites is 2. The van der Waals surface area contributed by atoms with Crippen LogP contribution < -0.4 is 21.1 Å². The molecule has 0 bridgehead atoms. The smallest absolute Gasteiger partial charge is 0.320 e. The number of ether oxygens (including phenoxy) is 1. The maximum atomic E-state index is 12.2. The number of amidine groups is 1. The molecule has 5 N–H and O–H groups in total. The second-order valence-electron chi connectivity index (χ2n) is 4.55. The lowest BCUT2D eigenvalue weighted by Gasteiger charge is -2.31. The zero-order valence-corrected chi connectivity index (χ0v) is 12.5. The van der Waals surface area contributed by atoms with E-state index >= 15 is 0 Å². The maximum Gasteiger partial charge on any atom is 0.320 e. The first kappa shape index (κ1) is 16.6. The number of oxime groups is 1. The van der Waals surface area contributed by atoms with Crippen molar-refractivity contribution in [3.8, 4) is 5.75 Å². The predicted octanol–water partition coefficient (Wildman–Crippen LogP) is 2.12. The Kier molecular flexibility index (Phi) is 5.83. The van der Waals surface area contributed by atoms with E-state index in [0.29, 0.717) is 24.3 Å². The fourth-order valence-electron chi connectivity index (χ4n) is 2.07. The number of benzene rings is 1. The summed E-state index contributed by atoms with van der Waals surface area (Å²) in [4.78, 5) is 12.2. The summed E-state index contributed by atoms with van der Waals surface area (Å²) < 4.78 is 5.17. The summed E-state index contributed by atoms with van der Waals surface area (Å²) in [5, 5.41) is 17.4. The number of nitrogens with two attached hydrogens (primary N) is 1. The molecule has 1 aromatic carbocycles. The van der Waals surface area contributed by atoms with Gasteiger partial charge in [0.15, 0.2) is 5.84 Å². The van der Waals surface area contributed by atoms with Gasteiger partial charge in [0.2, 0.25) is 0 Å². The van der Waals surface area contributed by atoms with Gasteiger partial charge in [-0.1, -0.05) is 31.1 Å². The Bertz CT molecular complexity index is 513. The molecule has 116 valence electrons. The van der Waals surface area contributed by atoms with Gasteiger partial charge < -0.3 is 26.3 Å². The fourth-order valence-corrected chi connectivity index (χ4v) is 2.07. The monoisotopic (exact) mass is 294 g/mol. The summed E-state index contributed by atoms with van der Waals surface area (Å²) in [6.07, 6.45) is 0.997. The van der Waals surface area contributed by atoms with Crippen LogP contribution in [0.4, 0.5) is 10.5 Å². The van der Waals surface area contributed by atoms with E-state index < -0.39 is 11.6 Å². The summed E-state index contributed by atoms with van der Waals surface area (Å²) in [5.41, 5.74) is 5.36. The average Bonchev–Trinajstić information content (AvgIpc) is 2.52. The van der Waals surface area contributed by atoms with Gasteiger partial charge in [0, 0.05) is 0 Å². The van der Waals surface area contributed by atoms with E-state index in [9.17, 15) is 4.79 Å². The highest BCUT2D eigenvalue weighted by molar-refractivity contribution is 5.98. The van der Waals surface area contributed by atoms with Crippen LogP contribution in [0.15, 0.2) is 29.4 Å². The van der Waals surface area contributed by atoms with Gasteiger partial charge in [0.1, 0.15) is 11.3 Å². The van der Waals surface area contributed by atoms with Gasteiger partial charge in [0.25, 0.3) is 0 Å². The number of nitrogens with one attached hydrogen (secondary N) is 2. The summed E-state index contributed by atoms with van der Waals surface area (Å²) in [7, 11) is 1.53. The van der Waals surface area contributed by atoms with Crippen molar-refractivity contribution in [1.29, 1.82) is 0 Å². The summed E-state index contributed by atoms with van der Waals surface area (Å²) in [6.45, 7) is 3.70. The Hall–Kier alpha value is -2.44. The van der Waals surface area contributed by atoms with Crippen LogP contribution in [0.5, 0.6) is 5.75 Å². The number of methoxy groups -OCH3 is 1. The highest BCUT2D eigenvalue weighted by Gasteiger charge is 2.33. The van der Waals surface area contributed by atoms with E-state index in [1.165, 1.54) is 7.11 Å². The van der Waals surface area contributed by atoms with Crippen LogP contribution in [0.3, 0.4) is 0 Å². The van der Waals surface area contributed by atoms with Crippen molar-refractivity contribution in [3.05, 3.63) is 24.3 Å². The molecule has 0 aliphatic rings. The standard InChI is InChI=1S/C14H22N4O3/c1-4-14(5-2,12(15)18-20)17-13(19)16-10-8-6-7-9-11(10)21-3/h6-9,20H,4-5H2,1-3H3,(H2,15,18)(H2,16,17,19). The van der Waals surface area contributed by atoms with Crippen LogP contribution in [0.1, 0.15) is 26.7 Å². The number of anilines is 1. The first-order chi connectivity index (χ1) is 10.0. The van der Waals surface area contributed by atoms with Crippen molar-refractivity contribution >= 4 is 17.6 Å². The van der Waals surface area contributed by atoms with Crippen LogP contribution >= 0.6 is 0 Å². The van der Waals surface area contributed by atoms with E-state index in [0.717, 1.165) is 0 Å². The lowest BCUT2D eigenvalue weighted by molar-refractivity contribution is 0.241. The third-order valence-electron chi connectivity index (χ3n) is 3.51. The Morgan fingerprint density at radius 3 is 2.52 bits per heavy atom. The molecule has 0 aliphatic carbocycles. The van der Waals surface area contributed by atoms with Crippen LogP contribution in [0, 0.1) is 0 Å². The van der Waals surface area contributed by atoms with Crippen LogP contribution in [0.2, 0.25) is 0 Å². The van der Waals surface area contributed by atoms with E-state index in [4.69, 9.17) is 15.7 Å². The van der Waals surface area contributed by atoms with Gasteiger partial charge in [0.05, 0.1) is 12.8 Å². The molecule has 1 aromatic rings. The third-order valence-corrected chi connectivity index (χ3v) is 3.51. The van der Waals surface area contributed by atoms with Crippen molar-refractivity contribution in [2.45, 2.75) is 32.2 Å². The SMILES string of the molecule is CCC(CC)(NC(=O)Nc1ccccc1OC)/C(N)=N/O. The van der Waals surface area contributed by atoms with E-state index in [1.807, 2.05) is 13.8 Å². The van der Waals surface area contributed by atoms with Gasteiger partial charge in [-0.25, -0.2) is 4.79 Å². The molecular weight excluding hydrogens is 272 g/mol. The number of carbonyl (C=O) groups excluding carboxylic acids is 1. The minimum atomic E-state index is -0.888. The average molecular weight is 294 g/mol. The summed E-state index contributed by atoms with van der Waals surface area (Å²) in [6, 6.07) is 6.61. The topological polar surface area (TPSA) is 109 Å². The molecule has 0 heterocycles. The van der Waals surface area contributed by atoms with E-state index in [1.54, 1.807) is 24.3 Å². The number of rotatable bonds is 6. The molecule has 0 unspecified atom stereocenters. The predicted molar refractivity (Wildman–Crippen MR) is 81.9 cm³/mol. The number of amides is 2. The van der Waals surface area contributed by atoms with Crippen LogP contribution in [-0.4, -0.2) is 29.7 Å². The van der Waals surface area contributed by atoms with Gasteiger partial charge in [-0.2, -0.15) is 0 Å². The van der Waals surface area contributed by atoms with Crippen molar-refractivity contribution in [1.82, 2.24) is 5.32 Å². The molecule has 2 amide bonds. The van der Waals surface area contributed by atoms with Gasteiger partial charge >= 0.3 is 6.03 Å². The van der Waals surface area contributed by atoms with E-state index in [2.05, 4.69) is 15.8 Å². The number of urea groups is 1. The molecule has 21 heavy (non-hydrogen) atoms. The molecule has 0 fully saturated rings. The minimum absolute atomic E-state index is 0.0253. The first-order valence-electron chi connectivity index (χ1n) is 6.73. The Morgan fingerprint density at radius 1 is 1.38 bits per heavy atom. The number of hydrogen-bond acceptors (Lipinski definition) is 4.